The number of hydrogen-bond donors (Lipinski definition) is 2. The minimum Gasteiger partial charge on any atom is -0.481 e. The van der Waals surface area contributed by atoms with Crippen molar-refractivity contribution in [2.75, 3.05) is 5.73 Å². The molecule has 0 bridgehead atoms. The molecule has 0 aliphatic carbocycles. The Morgan fingerprint density at radius 3 is 2.62 bits per heavy atom. The topological polar surface area (TPSA) is 106 Å². The lowest BCUT2D eigenvalue weighted by molar-refractivity contribution is -0.384. The van der Waals surface area contributed by atoms with E-state index in [-0.39, 0.29) is 11.4 Å². The number of benzene rings is 1. The van der Waals surface area contributed by atoms with Crippen molar-refractivity contribution in [3.05, 3.63) is 33.9 Å². The van der Waals surface area contributed by atoms with Crippen LogP contribution in [0.4, 0.5) is 11.4 Å². The van der Waals surface area contributed by atoms with Gasteiger partial charge in [0.25, 0.3) is 5.69 Å². The second-order valence-corrected chi connectivity index (χ2v) is 3.37. The number of carboxylic acids is 1. The summed E-state index contributed by atoms with van der Waals surface area (Å²) in [5, 5.41) is 19.4. The molecule has 1 aromatic carbocycles. The van der Waals surface area contributed by atoms with Gasteiger partial charge in [0.05, 0.1) is 10.8 Å². The van der Waals surface area contributed by atoms with E-state index < -0.39 is 16.8 Å². The van der Waals surface area contributed by atoms with Crippen LogP contribution in [0.5, 0.6) is 0 Å². The van der Waals surface area contributed by atoms with E-state index in [2.05, 4.69) is 0 Å². The molecule has 6 heteroatoms. The number of hydrogen-bond acceptors (Lipinski definition) is 4. The lowest BCUT2D eigenvalue weighted by Crippen LogP contribution is -2.12. The quantitative estimate of drug-likeness (QED) is 0.460. The van der Waals surface area contributed by atoms with Crippen LogP contribution in [0.25, 0.3) is 0 Å². The molecule has 86 valence electrons. The first-order valence-electron chi connectivity index (χ1n) is 4.74. The van der Waals surface area contributed by atoms with Gasteiger partial charge in [-0.15, -0.1) is 0 Å². The molecule has 0 aliphatic rings. The first kappa shape index (κ1) is 12.0. The number of nitrogens with zero attached hydrogens (tertiary/aromatic N) is 1. The van der Waals surface area contributed by atoms with E-state index >= 15 is 0 Å². The zero-order chi connectivity index (χ0) is 12.3. The van der Waals surface area contributed by atoms with Crippen LogP contribution >= 0.6 is 0 Å². The molecule has 0 saturated heterocycles. The number of rotatable bonds is 4. The van der Waals surface area contributed by atoms with Gasteiger partial charge in [-0.1, -0.05) is 6.92 Å². The van der Waals surface area contributed by atoms with Crippen molar-refractivity contribution >= 4 is 17.3 Å². The highest BCUT2D eigenvalue weighted by Gasteiger charge is 2.21. The highest BCUT2D eigenvalue weighted by Crippen LogP contribution is 2.28. The molecule has 1 rings (SSSR count). The maximum absolute atomic E-state index is 10.9. The minimum atomic E-state index is -0.983. The van der Waals surface area contributed by atoms with Crippen molar-refractivity contribution in [1.82, 2.24) is 0 Å². The summed E-state index contributed by atoms with van der Waals surface area (Å²) < 4.78 is 0. The summed E-state index contributed by atoms with van der Waals surface area (Å²) in [6.45, 7) is 1.72. The fraction of sp³-hybridized carbons (Fsp3) is 0.300. The van der Waals surface area contributed by atoms with Crippen molar-refractivity contribution in [3.63, 3.8) is 0 Å². The SMILES string of the molecule is CCC(C(=O)O)c1ccc([N+](=O)[O-])cc1N. The van der Waals surface area contributed by atoms with Gasteiger partial charge in [-0.25, -0.2) is 0 Å². The Morgan fingerprint density at radius 1 is 1.62 bits per heavy atom. The smallest absolute Gasteiger partial charge is 0.311 e. The summed E-state index contributed by atoms with van der Waals surface area (Å²) >= 11 is 0. The molecule has 16 heavy (non-hydrogen) atoms. The molecule has 0 amide bonds. The second-order valence-electron chi connectivity index (χ2n) is 3.37. The summed E-state index contributed by atoms with van der Waals surface area (Å²) in [6.07, 6.45) is 0.386. The van der Waals surface area contributed by atoms with Crippen molar-refractivity contribution in [2.45, 2.75) is 19.3 Å². The summed E-state index contributed by atoms with van der Waals surface area (Å²) in [5.74, 6) is -1.70. The van der Waals surface area contributed by atoms with Crippen LogP contribution in [-0.4, -0.2) is 16.0 Å². The van der Waals surface area contributed by atoms with E-state index in [0.717, 1.165) is 0 Å². The van der Waals surface area contributed by atoms with Gasteiger partial charge in [-0.05, 0) is 18.1 Å². The highest BCUT2D eigenvalue weighted by molar-refractivity contribution is 5.79. The minimum absolute atomic E-state index is 0.138. The Kier molecular flexibility index (Phi) is 3.44. The number of nitro benzene ring substituents is 1. The molecule has 0 saturated carbocycles. The summed E-state index contributed by atoms with van der Waals surface area (Å²) in [6, 6.07) is 3.84. The molecule has 0 heterocycles. The van der Waals surface area contributed by atoms with E-state index in [4.69, 9.17) is 10.8 Å². The number of carboxylic acid groups (broad SMARTS) is 1. The van der Waals surface area contributed by atoms with Gasteiger partial charge in [0.15, 0.2) is 0 Å². The van der Waals surface area contributed by atoms with Crippen molar-refractivity contribution < 1.29 is 14.8 Å². The molecular formula is C10H12N2O4. The van der Waals surface area contributed by atoms with E-state index in [1.165, 1.54) is 18.2 Å². The third kappa shape index (κ3) is 2.28. The van der Waals surface area contributed by atoms with Gasteiger partial charge in [0.1, 0.15) is 0 Å². The second kappa shape index (κ2) is 4.61. The lowest BCUT2D eigenvalue weighted by atomic mass is 9.95. The van der Waals surface area contributed by atoms with Crippen LogP contribution in [0, 0.1) is 10.1 Å². The number of nitro groups is 1. The maximum Gasteiger partial charge on any atom is 0.311 e. The summed E-state index contributed by atoms with van der Waals surface area (Å²) in [5.41, 5.74) is 6.03. The Hall–Kier alpha value is -2.11. The predicted molar refractivity (Wildman–Crippen MR) is 58.2 cm³/mol. The van der Waals surface area contributed by atoms with Crippen LogP contribution in [-0.2, 0) is 4.79 Å². The number of carbonyl (C=O) groups is 1. The monoisotopic (exact) mass is 224 g/mol. The van der Waals surface area contributed by atoms with Crippen LogP contribution in [0.1, 0.15) is 24.8 Å². The number of nitrogens with two attached hydrogens (primary N) is 1. The number of aliphatic carboxylic acids is 1. The molecule has 0 radical (unpaired) electrons. The molecule has 3 N–H and O–H groups in total. The third-order valence-electron chi connectivity index (χ3n) is 2.36. The molecule has 1 unspecified atom stereocenters. The maximum atomic E-state index is 10.9. The van der Waals surface area contributed by atoms with Gasteiger partial charge in [0, 0.05) is 17.8 Å². The highest BCUT2D eigenvalue weighted by atomic mass is 16.6. The standard InChI is InChI=1S/C10H12N2O4/c1-2-7(10(13)14)8-4-3-6(12(15)16)5-9(8)11/h3-5,7H,2,11H2,1H3,(H,13,14). The van der Waals surface area contributed by atoms with Gasteiger partial charge in [-0.2, -0.15) is 0 Å². The van der Waals surface area contributed by atoms with Crippen molar-refractivity contribution in [1.29, 1.82) is 0 Å². The Morgan fingerprint density at radius 2 is 2.25 bits per heavy atom. The Balaban J connectivity index is 3.16. The van der Waals surface area contributed by atoms with Gasteiger partial charge in [-0.3, -0.25) is 14.9 Å². The summed E-state index contributed by atoms with van der Waals surface area (Å²) in [7, 11) is 0. The number of anilines is 1. The Bertz CT molecular complexity index is 431. The average molecular weight is 224 g/mol. The first-order chi connectivity index (χ1) is 7.47. The zero-order valence-electron chi connectivity index (χ0n) is 8.71. The first-order valence-corrected chi connectivity index (χ1v) is 4.74. The Labute approximate surface area is 91.8 Å². The molecular weight excluding hydrogens is 212 g/mol. The number of nitrogen functional groups attached to an aromatic ring is 1. The molecule has 0 aromatic heterocycles. The lowest BCUT2D eigenvalue weighted by Gasteiger charge is -2.12. The largest absolute Gasteiger partial charge is 0.481 e. The van der Waals surface area contributed by atoms with Crippen LogP contribution < -0.4 is 5.73 Å². The molecule has 1 atom stereocenters. The van der Waals surface area contributed by atoms with Crippen molar-refractivity contribution in [3.8, 4) is 0 Å². The predicted octanol–water partition coefficient (Wildman–Crippen LogP) is 1.76. The van der Waals surface area contributed by atoms with E-state index in [1.54, 1.807) is 6.92 Å². The summed E-state index contributed by atoms with van der Waals surface area (Å²) in [4.78, 5) is 20.8. The van der Waals surface area contributed by atoms with Gasteiger partial charge in [0.2, 0.25) is 0 Å². The normalized spacial score (nSPS) is 12.1. The van der Waals surface area contributed by atoms with Crippen LogP contribution in [0.2, 0.25) is 0 Å². The molecule has 0 aliphatic heterocycles. The van der Waals surface area contributed by atoms with Crippen LogP contribution in [0.15, 0.2) is 18.2 Å². The third-order valence-corrected chi connectivity index (χ3v) is 2.36. The molecule has 6 nitrogen and oxygen atoms in total. The fourth-order valence-electron chi connectivity index (χ4n) is 1.52. The molecule has 0 spiro atoms. The van der Waals surface area contributed by atoms with Gasteiger partial charge < -0.3 is 10.8 Å². The van der Waals surface area contributed by atoms with E-state index in [1.807, 2.05) is 0 Å². The zero-order valence-corrected chi connectivity index (χ0v) is 8.71. The van der Waals surface area contributed by atoms with E-state index in [0.29, 0.717) is 12.0 Å². The molecule has 1 aromatic rings. The van der Waals surface area contributed by atoms with Crippen molar-refractivity contribution in [2.24, 2.45) is 0 Å². The fourth-order valence-corrected chi connectivity index (χ4v) is 1.52. The van der Waals surface area contributed by atoms with Gasteiger partial charge >= 0.3 is 5.97 Å². The van der Waals surface area contributed by atoms with Crippen LogP contribution in [0.3, 0.4) is 0 Å². The average Bonchev–Trinajstić information content (AvgIpc) is 2.20. The molecule has 0 fully saturated rings. The van der Waals surface area contributed by atoms with E-state index in [9.17, 15) is 14.9 Å². The number of non-ortho nitro benzene ring substituents is 1.